The minimum Gasteiger partial charge on any atom is -0.379 e. The van der Waals surface area contributed by atoms with Crippen LogP contribution in [0.3, 0.4) is 0 Å². The van der Waals surface area contributed by atoms with Gasteiger partial charge in [-0.3, -0.25) is 0 Å². The van der Waals surface area contributed by atoms with Crippen molar-refractivity contribution in [3.8, 4) is 0 Å². The second-order valence-electron chi connectivity index (χ2n) is 4.05. The molecule has 0 aliphatic heterocycles. The minimum absolute atomic E-state index is 0.0770. The molecule has 0 aromatic carbocycles. The maximum absolute atomic E-state index is 13.8. The van der Waals surface area contributed by atoms with E-state index in [4.69, 9.17) is 11.6 Å². The van der Waals surface area contributed by atoms with Gasteiger partial charge in [0.05, 0.1) is 0 Å². The highest BCUT2D eigenvalue weighted by Gasteiger charge is 2.15. The van der Waals surface area contributed by atoms with Crippen molar-refractivity contribution in [2.75, 3.05) is 14.1 Å². The lowest BCUT2D eigenvalue weighted by Gasteiger charge is -2.22. The smallest absolute Gasteiger partial charge is 0.121 e. The first-order valence-corrected chi connectivity index (χ1v) is 5.53. The zero-order valence-corrected chi connectivity index (χ0v) is 10.5. The third-order valence-electron chi connectivity index (χ3n) is 2.15. The van der Waals surface area contributed by atoms with Crippen molar-refractivity contribution in [1.29, 1.82) is 0 Å². The molecule has 1 nitrogen and oxygen atoms in total. The molecule has 0 aliphatic rings. The Labute approximate surface area is 91.9 Å². The molecular formula is C11H21ClFN. The van der Waals surface area contributed by atoms with Crippen LogP contribution >= 0.6 is 11.6 Å². The van der Waals surface area contributed by atoms with Gasteiger partial charge in [0.1, 0.15) is 5.83 Å². The van der Waals surface area contributed by atoms with Crippen LogP contribution < -0.4 is 0 Å². The Morgan fingerprint density at radius 3 is 2.14 bits per heavy atom. The molecule has 0 bridgehead atoms. The second kappa shape index (κ2) is 6.28. The van der Waals surface area contributed by atoms with Crippen molar-refractivity contribution in [3.05, 3.63) is 11.5 Å². The van der Waals surface area contributed by atoms with Crippen molar-refractivity contribution in [1.82, 2.24) is 4.90 Å². The van der Waals surface area contributed by atoms with E-state index in [9.17, 15) is 4.39 Å². The average Bonchev–Trinajstić information content (AvgIpc) is 2.02. The molecule has 1 unspecified atom stereocenters. The summed E-state index contributed by atoms with van der Waals surface area (Å²) in [5.74, 6) is 0.123. The van der Waals surface area contributed by atoms with Crippen LogP contribution in [0.5, 0.6) is 0 Å². The predicted octanol–water partition coefficient (Wildman–Crippen LogP) is 3.79. The van der Waals surface area contributed by atoms with Gasteiger partial charge in [0.2, 0.25) is 0 Å². The summed E-state index contributed by atoms with van der Waals surface area (Å²) in [6.45, 7) is 5.95. The maximum Gasteiger partial charge on any atom is 0.121 e. The van der Waals surface area contributed by atoms with E-state index in [1.54, 1.807) is 0 Å². The van der Waals surface area contributed by atoms with Gasteiger partial charge in [-0.05, 0) is 12.3 Å². The maximum atomic E-state index is 13.8. The zero-order valence-electron chi connectivity index (χ0n) is 9.77. The molecule has 1 atom stereocenters. The molecular weight excluding hydrogens is 201 g/mol. The molecule has 0 aromatic rings. The van der Waals surface area contributed by atoms with Crippen LogP contribution in [0.15, 0.2) is 11.5 Å². The Morgan fingerprint density at radius 2 is 1.86 bits per heavy atom. The van der Waals surface area contributed by atoms with Crippen LogP contribution in [0.25, 0.3) is 0 Å². The normalized spacial score (nSPS) is 15.4. The van der Waals surface area contributed by atoms with E-state index in [1.807, 2.05) is 39.8 Å². The molecule has 84 valence electrons. The van der Waals surface area contributed by atoms with E-state index in [-0.39, 0.29) is 17.1 Å². The van der Waals surface area contributed by atoms with Gasteiger partial charge in [0, 0.05) is 31.6 Å². The zero-order chi connectivity index (χ0) is 11.3. The molecule has 0 saturated carbocycles. The first kappa shape index (κ1) is 13.8. The molecule has 0 aliphatic carbocycles. The van der Waals surface area contributed by atoms with E-state index >= 15 is 0 Å². The largest absolute Gasteiger partial charge is 0.379 e. The van der Waals surface area contributed by atoms with Gasteiger partial charge in [0.15, 0.2) is 0 Å². The van der Waals surface area contributed by atoms with Crippen LogP contribution in [0.4, 0.5) is 4.39 Å². The van der Waals surface area contributed by atoms with Crippen LogP contribution in [0.2, 0.25) is 0 Å². The van der Waals surface area contributed by atoms with Crippen molar-refractivity contribution < 1.29 is 4.39 Å². The molecule has 3 heteroatoms. The fourth-order valence-electron chi connectivity index (χ4n) is 1.52. The van der Waals surface area contributed by atoms with E-state index < -0.39 is 0 Å². The van der Waals surface area contributed by atoms with Crippen molar-refractivity contribution in [3.63, 3.8) is 0 Å². The molecule has 14 heavy (non-hydrogen) atoms. The third-order valence-corrected chi connectivity index (χ3v) is 2.61. The van der Waals surface area contributed by atoms with E-state index in [0.717, 1.165) is 12.1 Å². The number of nitrogens with zero attached hydrogens (tertiary/aromatic N) is 1. The van der Waals surface area contributed by atoms with Gasteiger partial charge < -0.3 is 4.90 Å². The Hall–Kier alpha value is -0.240. The summed E-state index contributed by atoms with van der Waals surface area (Å²) in [5, 5.41) is -0.0938. The van der Waals surface area contributed by atoms with Gasteiger partial charge in [0.25, 0.3) is 0 Å². The van der Waals surface area contributed by atoms with Gasteiger partial charge in [-0.1, -0.05) is 20.8 Å². The second-order valence-corrected chi connectivity index (χ2v) is 4.67. The van der Waals surface area contributed by atoms with Crippen LogP contribution in [-0.2, 0) is 0 Å². The lowest BCUT2D eigenvalue weighted by molar-refractivity contribution is 0.401. The van der Waals surface area contributed by atoms with Crippen LogP contribution in [0.1, 0.15) is 33.6 Å². The molecule has 0 N–H and O–H groups in total. The quantitative estimate of drug-likeness (QED) is 0.639. The molecule has 0 amide bonds. The first-order valence-electron chi connectivity index (χ1n) is 5.10. The molecule has 0 heterocycles. The molecule has 0 aromatic heterocycles. The summed E-state index contributed by atoms with van der Waals surface area (Å²) in [4.78, 5) is 1.83. The highest BCUT2D eigenvalue weighted by Crippen LogP contribution is 2.24. The molecule has 0 radical (unpaired) electrons. The van der Waals surface area contributed by atoms with E-state index in [2.05, 4.69) is 0 Å². The predicted molar refractivity (Wildman–Crippen MR) is 61.2 cm³/mol. The molecule has 0 saturated heterocycles. The summed E-state index contributed by atoms with van der Waals surface area (Å²) in [6, 6.07) is 0. The summed E-state index contributed by atoms with van der Waals surface area (Å²) in [5.41, 5.74) is 0.754. The number of alkyl halides is 1. The monoisotopic (exact) mass is 221 g/mol. The van der Waals surface area contributed by atoms with Crippen LogP contribution in [0, 0.1) is 5.92 Å². The van der Waals surface area contributed by atoms with E-state index in [1.165, 1.54) is 0 Å². The lowest BCUT2D eigenvalue weighted by Crippen LogP contribution is -2.18. The Morgan fingerprint density at radius 1 is 1.36 bits per heavy atom. The highest BCUT2D eigenvalue weighted by atomic mass is 35.5. The van der Waals surface area contributed by atoms with E-state index in [0.29, 0.717) is 6.42 Å². The topological polar surface area (TPSA) is 3.24 Å². The lowest BCUT2D eigenvalue weighted by atomic mass is 10.1. The third kappa shape index (κ3) is 4.32. The van der Waals surface area contributed by atoms with Gasteiger partial charge in [-0.15, -0.1) is 11.6 Å². The SMILES string of the molecule is CCC(Cl)C/C(F)=C(\C(C)C)N(C)C. The highest BCUT2D eigenvalue weighted by molar-refractivity contribution is 6.20. The first-order chi connectivity index (χ1) is 6.40. The Bertz CT molecular complexity index is 189. The van der Waals surface area contributed by atoms with Gasteiger partial charge in [-0.2, -0.15) is 0 Å². The minimum atomic E-state index is -0.0938. The number of hydrogen-bond donors (Lipinski definition) is 0. The summed E-state index contributed by atoms with van der Waals surface area (Å²) in [7, 11) is 3.73. The Kier molecular flexibility index (Phi) is 6.17. The summed E-state index contributed by atoms with van der Waals surface area (Å²) < 4.78 is 13.8. The standard InChI is InChI=1S/C11H21ClFN/c1-6-9(12)7-10(13)11(8(2)3)14(4)5/h8-9H,6-7H2,1-5H3/b11-10-. The fraction of sp³-hybridized carbons (Fsp3) is 0.818. The molecule has 0 fully saturated rings. The summed E-state index contributed by atoms with van der Waals surface area (Å²) in [6.07, 6.45) is 1.14. The van der Waals surface area contributed by atoms with Crippen molar-refractivity contribution in [2.24, 2.45) is 5.92 Å². The number of hydrogen-bond acceptors (Lipinski definition) is 1. The number of allylic oxidation sites excluding steroid dienone is 2. The molecule has 0 spiro atoms. The van der Waals surface area contributed by atoms with Gasteiger partial charge in [-0.25, -0.2) is 4.39 Å². The Balaban J connectivity index is 4.64. The number of rotatable bonds is 5. The van der Waals surface area contributed by atoms with Crippen molar-refractivity contribution >= 4 is 11.6 Å². The fourth-order valence-corrected chi connectivity index (χ4v) is 1.65. The van der Waals surface area contributed by atoms with Crippen molar-refractivity contribution in [2.45, 2.75) is 39.0 Å². The summed E-state index contributed by atoms with van der Waals surface area (Å²) >= 11 is 5.92. The van der Waals surface area contributed by atoms with Crippen LogP contribution in [-0.4, -0.2) is 24.4 Å². The van der Waals surface area contributed by atoms with Gasteiger partial charge >= 0.3 is 0 Å². The molecule has 0 rings (SSSR count). The average molecular weight is 222 g/mol. The number of halogens is 2.